The first-order valence-electron chi connectivity index (χ1n) is 18.5. The van der Waals surface area contributed by atoms with Gasteiger partial charge in [-0.1, -0.05) is 80.9 Å². The number of hydrogen-bond donors (Lipinski definition) is 2. The molecule has 1 aromatic heterocycles. The number of fused-ring (bicyclic) bond motifs is 3. The van der Waals surface area contributed by atoms with E-state index in [0.717, 1.165) is 38.5 Å². The zero-order valence-electron chi connectivity index (χ0n) is 31.2. The largest absolute Gasteiger partial charge is 0.481 e. The molecule has 4 fully saturated rings. The van der Waals surface area contributed by atoms with Gasteiger partial charge in [-0.15, -0.1) is 10.2 Å². The van der Waals surface area contributed by atoms with Gasteiger partial charge in [-0.3, -0.25) is 4.79 Å². The number of allylic oxidation sites excluding steroid dienone is 1. The number of carbonyl (C=O) groups is 1. The van der Waals surface area contributed by atoms with E-state index in [0.29, 0.717) is 43.5 Å². The van der Waals surface area contributed by atoms with Crippen molar-refractivity contribution in [1.82, 2.24) is 14.8 Å². The minimum absolute atomic E-state index is 0.0417. The van der Waals surface area contributed by atoms with Gasteiger partial charge in [0, 0.05) is 16.4 Å². The fourth-order valence-electron chi connectivity index (χ4n) is 12.0. The summed E-state index contributed by atoms with van der Waals surface area (Å²) in [5.74, 6) is 0.485. The summed E-state index contributed by atoms with van der Waals surface area (Å²) in [4.78, 5) is 13.4. The summed E-state index contributed by atoms with van der Waals surface area (Å²) in [6.07, 6.45) is 12.0. The molecule has 2 bridgehead atoms. The lowest BCUT2D eigenvalue weighted by Crippen LogP contribution is -2.69. The molecule has 1 aliphatic heterocycles. The Hall–Kier alpha value is -1.77. The molecule has 0 unspecified atom stereocenters. The first kappa shape index (κ1) is 35.1. The second-order valence-electron chi connectivity index (χ2n) is 19.4. The molecule has 2 heterocycles. The second-order valence-corrected chi connectivity index (χ2v) is 19.4. The Balaban J connectivity index is 1.43. The van der Waals surface area contributed by atoms with E-state index in [2.05, 4.69) is 97.0 Å². The van der Waals surface area contributed by atoms with E-state index in [1.54, 1.807) is 5.57 Å². The molecule has 5 aliphatic rings. The van der Waals surface area contributed by atoms with Crippen molar-refractivity contribution in [2.24, 2.45) is 67.8 Å². The standard InChI is InChI=1S/C39H64N4O4/c1-24(2)25(3)34(7)16-17-36(9)26-12-13-29-35(8)19-46-21-39(29,27(26)14-15-37(36,10)30(34)32(44)45)18-28(43-22-41-42-23-43)31(35)47-20-38(11,40)33(4,5)6/h14,22-26,28-31H,12-13,15-21,40H2,1-11H3,(H,44,45)/t25-,26+,28-,29+,30-,31+,34-,35+,36-,37+,38+,39+/m1/s1. The van der Waals surface area contributed by atoms with E-state index in [4.69, 9.17) is 15.2 Å². The minimum atomic E-state index is -0.613. The van der Waals surface area contributed by atoms with Crippen LogP contribution in [0.1, 0.15) is 121 Å². The van der Waals surface area contributed by atoms with Crippen LogP contribution in [-0.2, 0) is 14.3 Å². The molecule has 6 rings (SSSR count). The molecule has 8 nitrogen and oxygen atoms in total. The summed E-state index contributed by atoms with van der Waals surface area (Å²) in [5, 5.41) is 19.5. The topological polar surface area (TPSA) is 112 Å². The van der Waals surface area contributed by atoms with E-state index >= 15 is 0 Å². The van der Waals surface area contributed by atoms with E-state index in [1.807, 2.05) is 12.7 Å². The third-order valence-electron chi connectivity index (χ3n) is 16.2. The van der Waals surface area contributed by atoms with Crippen LogP contribution < -0.4 is 5.73 Å². The number of aromatic nitrogens is 3. The Morgan fingerprint density at radius 2 is 1.72 bits per heavy atom. The predicted molar refractivity (Wildman–Crippen MR) is 184 cm³/mol. The lowest BCUT2D eigenvalue weighted by Gasteiger charge is -2.71. The third kappa shape index (κ3) is 4.80. The maximum atomic E-state index is 13.4. The van der Waals surface area contributed by atoms with Gasteiger partial charge in [0.15, 0.2) is 0 Å². The minimum Gasteiger partial charge on any atom is -0.481 e. The quantitative estimate of drug-likeness (QED) is 0.293. The van der Waals surface area contributed by atoms with Crippen LogP contribution in [0.2, 0.25) is 0 Å². The highest BCUT2D eigenvalue weighted by molar-refractivity contribution is 5.73. The van der Waals surface area contributed by atoms with Crippen LogP contribution in [-0.4, -0.2) is 57.3 Å². The third-order valence-corrected chi connectivity index (χ3v) is 16.2. The van der Waals surface area contributed by atoms with Crippen molar-refractivity contribution in [2.45, 2.75) is 132 Å². The van der Waals surface area contributed by atoms with Crippen LogP contribution in [0.3, 0.4) is 0 Å². The number of carboxylic acids is 1. The Kier molecular flexibility index (Phi) is 8.29. The first-order chi connectivity index (χ1) is 21.7. The number of rotatable bonds is 7. The monoisotopic (exact) mass is 652 g/mol. The zero-order chi connectivity index (χ0) is 34.6. The number of nitrogens with two attached hydrogens (primary N) is 1. The Bertz CT molecular complexity index is 1380. The summed E-state index contributed by atoms with van der Waals surface area (Å²) >= 11 is 0. The van der Waals surface area contributed by atoms with Gasteiger partial charge in [-0.05, 0) is 90.8 Å². The van der Waals surface area contributed by atoms with Gasteiger partial charge < -0.3 is 24.9 Å². The van der Waals surface area contributed by atoms with Gasteiger partial charge in [0.2, 0.25) is 0 Å². The fourth-order valence-corrected chi connectivity index (χ4v) is 12.0. The molecule has 264 valence electrons. The zero-order valence-corrected chi connectivity index (χ0v) is 31.2. The highest BCUT2D eigenvalue weighted by Gasteiger charge is 2.72. The van der Waals surface area contributed by atoms with Crippen LogP contribution in [0.5, 0.6) is 0 Å². The molecule has 8 heteroatoms. The van der Waals surface area contributed by atoms with E-state index in [1.165, 1.54) is 0 Å². The van der Waals surface area contributed by atoms with Crippen molar-refractivity contribution in [3.63, 3.8) is 0 Å². The number of ether oxygens (including phenoxy) is 2. The number of aliphatic carboxylic acids is 1. The first-order valence-corrected chi connectivity index (χ1v) is 18.5. The maximum Gasteiger partial charge on any atom is 0.307 e. The van der Waals surface area contributed by atoms with Gasteiger partial charge >= 0.3 is 5.97 Å². The van der Waals surface area contributed by atoms with Crippen molar-refractivity contribution in [2.75, 3.05) is 19.8 Å². The van der Waals surface area contributed by atoms with Crippen LogP contribution >= 0.6 is 0 Å². The molecular formula is C39H64N4O4. The smallest absolute Gasteiger partial charge is 0.307 e. The van der Waals surface area contributed by atoms with Crippen LogP contribution in [0.4, 0.5) is 0 Å². The maximum absolute atomic E-state index is 13.4. The average Bonchev–Trinajstić information content (AvgIpc) is 3.50. The highest BCUT2D eigenvalue weighted by atomic mass is 16.5. The highest BCUT2D eigenvalue weighted by Crippen LogP contribution is 2.75. The van der Waals surface area contributed by atoms with Crippen molar-refractivity contribution < 1.29 is 19.4 Å². The molecule has 0 radical (unpaired) electrons. The Labute approximate surface area is 284 Å². The number of nitrogens with zero attached hydrogens (tertiary/aromatic N) is 3. The molecular weight excluding hydrogens is 588 g/mol. The Morgan fingerprint density at radius 1 is 1.06 bits per heavy atom. The van der Waals surface area contributed by atoms with Gasteiger partial charge in [-0.2, -0.15) is 0 Å². The molecule has 0 amide bonds. The molecule has 1 saturated heterocycles. The Morgan fingerprint density at radius 3 is 2.32 bits per heavy atom. The van der Waals surface area contributed by atoms with Crippen LogP contribution in [0, 0.1) is 62.1 Å². The van der Waals surface area contributed by atoms with E-state index < -0.39 is 17.4 Å². The van der Waals surface area contributed by atoms with Gasteiger partial charge in [0.25, 0.3) is 0 Å². The number of carboxylic acid groups (broad SMARTS) is 1. The number of hydrogen-bond acceptors (Lipinski definition) is 6. The molecule has 3 saturated carbocycles. The molecule has 4 aliphatic carbocycles. The summed E-state index contributed by atoms with van der Waals surface area (Å²) in [6.45, 7) is 26.7. The van der Waals surface area contributed by atoms with Gasteiger partial charge in [0.05, 0.1) is 37.9 Å². The lowest BCUT2D eigenvalue weighted by molar-refractivity contribution is -0.252. The fraction of sp³-hybridized carbons (Fsp3) is 0.872. The average molecular weight is 653 g/mol. The predicted octanol–water partition coefficient (Wildman–Crippen LogP) is 7.56. The molecule has 47 heavy (non-hydrogen) atoms. The van der Waals surface area contributed by atoms with Gasteiger partial charge in [0.1, 0.15) is 12.7 Å². The molecule has 3 N–H and O–H groups in total. The summed E-state index contributed by atoms with van der Waals surface area (Å²) in [6, 6.07) is 0.0417. The molecule has 12 atom stereocenters. The molecule has 0 spiro atoms. The molecule has 0 aromatic carbocycles. The lowest BCUT2D eigenvalue weighted by atomic mass is 9.34. The van der Waals surface area contributed by atoms with Crippen molar-refractivity contribution >= 4 is 5.97 Å². The normalized spacial score (nSPS) is 45.2. The SMILES string of the molecule is CC(C)[C@@H](C)[C@@]1(C)CC[C@]2(C)[C@H]3CC[C@@H]4[C@@]5(COC[C@]4(C)[C@@H](OC[C@](C)(N)C(C)(C)C)[C@H](n4cnnc4)C5)C3=CC[C@@]2(C)[C@@H]1C(=O)O. The summed E-state index contributed by atoms with van der Waals surface area (Å²) in [7, 11) is 0. The van der Waals surface area contributed by atoms with E-state index in [9.17, 15) is 9.90 Å². The summed E-state index contributed by atoms with van der Waals surface area (Å²) in [5.41, 5.74) is 6.75. The second kappa shape index (κ2) is 11.1. The van der Waals surface area contributed by atoms with Crippen molar-refractivity contribution in [3.05, 3.63) is 24.3 Å². The van der Waals surface area contributed by atoms with Crippen LogP contribution in [0.25, 0.3) is 0 Å². The van der Waals surface area contributed by atoms with Gasteiger partial charge in [-0.25, -0.2) is 0 Å². The van der Waals surface area contributed by atoms with Crippen molar-refractivity contribution in [3.8, 4) is 0 Å². The summed E-state index contributed by atoms with van der Waals surface area (Å²) < 4.78 is 15.9. The molecule has 1 aromatic rings. The van der Waals surface area contributed by atoms with Crippen LogP contribution in [0.15, 0.2) is 24.3 Å². The van der Waals surface area contributed by atoms with Crippen molar-refractivity contribution in [1.29, 1.82) is 0 Å². The van der Waals surface area contributed by atoms with E-state index in [-0.39, 0.29) is 44.6 Å².